The molecule has 2 heterocycles. The molecule has 2 N–H and O–H groups in total. The number of carbonyl (C=O) groups excluding carboxylic acids is 2. The third-order valence-corrected chi connectivity index (χ3v) is 7.62. The molecule has 0 aliphatic carbocycles. The molecule has 0 unspecified atom stereocenters. The summed E-state index contributed by atoms with van der Waals surface area (Å²) in [7, 11) is 0. The van der Waals surface area contributed by atoms with Crippen LogP contribution in [0.4, 0.5) is 18.9 Å². The van der Waals surface area contributed by atoms with Gasteiger partial charge in [-0.25, -0.2) is 9.97 Å². The summed E-state index contributed by atoms with van der Waals surface area (Å²) in [6.07, 6.45) is -4.71. The number of hydrogen-bond donors (Lipinski definition) is 2. The molecule has 0 aliphatic rings. The highest BCUT2D eigenvalue weighted by Gasteiger charge is 2.39. The van der Waals surface area contributed by atoms with Crippen LogP contribution >= 0.6 is 0 Å². The number of anilines is 1. The zero-order chi connectivity index (χ0) is 35.5. The van der Waals surface area contributed by atoms with Crippen LogP contribution in [0.25, 0.3) is 22.1 Å². The van der Waals surface area contributed by atoms with Gasteiger partial charge in [0.05, 0.1) is 11.4 Å². The highest BCUT2D eigenvalue weighted by atomic mass is 19.4. The van der Waals surface area contributed by atoms with Crippen LogP contribution in [-0.2, 0) is 6.18 Å². The fourth-order valence-electron chi connectivity index (χ4n) is 5.53. The van der Waals surface area contributed by atoms with E-state index >= 15 is 0 Å². The minimum atomic E-state index is -4.71. The number of nitrogens with zero attached hydrogens (tertiary/aromatic N) is 4. The van der Waals surface area contributed by atoms with Crippen molar-refractivity contribution in [2.24, 2.45) is 0 Å². The number of imidazole rings is 2. The number of carbonyl (C=O) groups is 2. The van der Waals surface area contributed by atoms with Crippen LogP contribution in [0, 0.1) is 20.8 Å². The van der Waals surface area contributed by atoms with Gasteiger partial charge in [0, 0.05) is 28.0 Å². The fraction of sp³-hybridized carbons (Fsp3) is 0.211. The van der Waals surface area contributed by atoms with Gasteiger partial charge in [0.2, 0.25) is 5.82 Å². The monoisotopic (exact) mass is 666 g/mol. The van der Waals surface area contributed by atoms with E-state index in [-0.39, 0.29) is 28.5 Å². The van der Waals surface area contributed by atoms with Crippen LogP contribution in [0.15, 0.2) is 103 Å². The van der Waals surface area contributed by atoms with E-state index in [2.05, 4.69) is 20.6 Å². The van der Waals surface area contributed by atoms with Gasteiger partial charge in [0.25, 0.3) is 11.8 Å². The molecule has 2 aromatic heterocycles. The molecule has 4 aromatic carbocycles. The number of hydrogen-bond acceptors (Lipinski definition) is 4. The molecule has 0 saturated carbocycles. The Labute approximate surface area is 282 Å². The van der Waals surface area contributed by atoms with E-state index < -0.39 is 17.9 Å². The summed E-state index contributed by atoms with van der Waals surface area (Å²) in [5, 5.41) is 7.36. The van der Waals surface area contributed by atoms with E-state index in [1.165, 1.54) is 19.1 Å². The molecular formula is C38H37F3N6O2. The van der Waals surface area contributed by atoms with Crippen LogP contribution in [-0.4, -0.2) is 36.5 Å². The van der Waals surface area contributed by atoms with Crippen LogP contribution in [0.3, 0.4) is 0 Å². The molecule has 11 heteroatoms. The Morgan fingerprint density at radius 3 is 1.73 bits per heavy atom. The Balaban J connectivity index is 0.000000205. The number of fused-ring (bicyclic) bond motifs is 1. The van der Waals surface area contributed by atoms with Gasteiger partial charge in [-0.3, -0.25) is 14.2 Å². The lowest BCUT2D eigenvalue weighted by molar-refractivity contribution is -0.146. The molecule has 0 bridgehead atoms. The molecule has 0 radical (unpaired) electrons. The van der Waals surface area contributed by atoms with E-state index in [0.717, 1.165) is 32.5 Å². The molecule has 0 saturated heterocycles. The Bertz CT molecular complexity index is 2110. The lowest BCUT2D eigenvalue weighted by Gasteiger charge is -2.19. The molecule has 6 aromatic rings. The van der Waals surface area contributed by atoms with Gasteiger partial charge in [-0.1, -0.05) is 72.8 Å². The summed E-state index contributed by atoms with van der Waals surface area (Å²) in [5.74, 6) is -1.15. The number of para-hydroxylation sites is 2. The van der Waals surface area contributed by atoms with Crippen molar-refractivity contribution in [3.8, 4) is 11.4 Å². The summed E-state index contributed by atoms with van der Waals surface area (Å²) in [6, 6.07) is 30.8. The van der Waals surface area contributed by atoms with E-state index in [1.807, 2.05) is 99.8 Å². The van der Waals surface area contributed by atoms with Crippen LogP contribution in [0.5, 0.6) is 0 Å². The molecule has 0 aliphatic heterocycles. The number of nitrogens with one attached hydrogen (secondary N) is 2. The van der Waals surface area contributed by atoms with Crippen LogP contribution < -0.4 is 10.6 Å². The predicted molar refractivity (Wildman–Crippen MR) is 185 cm³/mol. The zero-order valence-electron chi connectivity index (χ0n) is 28.1. The first-order valence-electron chi connectivity index (χ1n) is 15.6. The molecular weight excluding hydrogens is 629 g/mol. The van der Waals surface area contributed by atoms with Gasteiger partial charge in [0.15, 0.2) is 5.69 Å². The third kappa shape index (κ3) is 7.72. The maximum absolute atomic E-state index is 13.6. The number of aryl methyl sites for hydroxylation is 1. The van der Waals surface area contributed by atoms with Crippen molar-refractivity contribution in [3.05, 3.63) is 138 Å². The van der Waals surface area contributed by atoms with Crippen molar-refractivity contribution in [2.45, 2.75) is 53.3 Å². The Kier molecular flexibility index (Phi) is 9.75. The molecule has 2 amide bonds. The first-order valence-corrected chi connectivity index (χ1v) is 15.6. The van der Waals surface area contributed by atoms with Crippen molar-refractivity contribution in [1.82, 2.24) is 24.4 Å². The maximum Gasteiger partial charge on any atom is 0.450 e. The summed E-state index contributed by atoms with van der Waals surface area (Å²) in [5.41, 5.74) is 2.73. The highest BCUT2D eigenvalue weighted by molar-refractivity contribution is 6.08. The molecule has 0 spiro atoms. The van der Waals surface area contributed by atoms with Gasteiger partial charge >= 0.3 is 6.18 Å². The SMILES string of the molecule is Cc1c(C(=O)Nc2cccc3ccccc23)nc(C(F)(F)F)n1-c1ccccc1.Cc1nc(C(=O)NC(C)(C)C)c(C)n1-c1ccccc1. The van der Waals surface area contributed by atoms with Crippen molar-refractivity contribution >= 4 is 28.3 Å². The van der Waals surface area contributed by atoms with Gasteiger partial charge < -0.3 is 15.2 Å². The molecule has 0 atom stereocenters. The maximum atomic E-state index is 13.6. The quantitative estimate of drug-likeness (QED) is 0.193. The smallest absolute Gasteiger partial charge is 0.346 e. The predicted octanol–water partition coefficient (Wildman–Crippen LogP) is 8.62. The average Bonchev–Trinajstić information content (AvgIpc) is 3.57. The summed E-state index contributed by atoms with van der Waals surface area (Å²) < 4.78 is 43.8. The van der Waals surface area contributed by atoms with Gasteiger partial charge in [0.1, 0.15) is 11.5 Å². The van der Waals surface area contributed by atoms with Gasteiger partial charge in [-0.2, -0.15) is 13.2 Å². The van der Waals surface area contributed by atoms with Crippen molar-refractivity contribution < 1.29 is 22.8 Å². The van der Waals surface area contributed by atoms with Crippen molar-refractivity contribution in [2.75, 3.05) is 5.32 Å². The van der Waals surface area contributed by atoms with Crippen LogP contribution in [0.2, 0.25) is 0 Å². The highest BCUT2D eigenvalue weighted by Crippen LogP contribution is 2.33. The number of amides is 2. The molecule has 6 rings (SSSR count). The zero-order valence-corrected chi connectivity index (χ0v) is 28.1. The third-order valence-electron chi connectivity index (χ3n) is 7.62. The Hall–Kier alpha value is -5.71. The van der Waals surface area contributed by atoms with Gasteiger partial charge in [-0.05, 0) is 77.3 Å². The molecule has 8 nitrogen and oxygen atoms in total. The number of rotatable bonds is 5. The standard InChI is InChI=1S/C22H16F3N3O.C16H21N3O/c1-14-19(20(29)26-18-13-7-9-15-8-5-6-12-17(15)18)27-21(22(23,24)25)28(14)16-10-3-2-4-11-16;1-11-14(15(20)18-16(3,4)5)17-12(2)19(11)13-9-7-6-8-10-13/h2-13H,1H3,(H,26,29);6-10H,1-5H3,(H,18,20). The number of halogens is 3. The first kappa shape index (κ1) is 34.6. The number of aromatic nitrogens is 4. The molecule has 252 valence electrons. The lowest BCUT2D eigenvalue weighted by atomic mass is 10.1. The molecule has 0 fully saturated rings. The first-order chi connectivity index (χ1) is 23.2. The number of alkyl halides is 3. The second kappa shape index (κ2) is 13.8. The summed E-state index contributed by atoms with van der Waals surface area (Å²) >= 11 is 0. The summed E-state index contributed by atoms with van der Waals surface area (Å²) in [6.45, 7) is 11.2. The van der Waals surface area contributed by atoms with Crippen molar-refractivity contribution in [3.63, 3.8) is 0 Å². The van der Waals surface area contributed by atoms with Crippen LogP contribution in [0.1, 0.15) is 64.8 Å². The van der Waals surface area contributed by atoms with E-state index in [0.29, 0.717) is 11.4 Å². The normalized spacial score (nSPS) is 11.5. The minimum absolute atomic E-state index is 0.112. The largest absolute Gasteiger partial charge is 0.450 e. The number of benzene rings is 4. The van der Waals surface area contributed by atoms with Gasteiger partial charge in [-0.15, -0.1) is 0 Å². The Morgan fingerprint density at radius 1 is 0.633 bits per heavy atom. The van der Waals surface area contributed by atoms with E-state index in [1.54, 1.807) is 30.3 Å². The Morgan fingerprint density at radius 2 is 1.14 bits per heavy atom. The summed E-state index contributed by atoms with van der Waals surface area (Å²) in [4.78, 5) is 33.2. The minimum Gasteiger partial charge on any atom is -0.346 e. The van der Waals surface area contributed by atoms with Crippen molar-refractivity contribution in [1.29, 1.82) is 0 Å². The fourth-order valence-corrected chi connectivity index (χ4v) is 5.53. The average molecular weight is 667 g/mol. The second-order valence-corrected chi connectivity index (χ2v) is 12.5. The lowest BCUT2D eigenvalue weighted by Crippen LogP contribution is -2.41. The van der Waals surface area contributed by atoms with E-state index in [4.69, 9.17) is 0 Å². The topological polar surface area (TPSA) is 93.8 Å². The molecule has 49 heavy (non-hydrogen) atoms. The second-order valence-electron chi connectivity index (χ2n) is 12.5. The van der Waals surface area contributed by atoms with E-state index in [9.17, 15) is 22.8 Å².